The van der Waals surface area contributed by atoms with Crippen molar-refractivity contribution in [3.63, 3.8) is 0 Å². The lowest BCUT2D eigenvalue weighted by Gasteiger charge is -2.32. The number of aromatic nitrogens is 4. The third kappa shape index (κ3) is 4.61. The Morgan fingerprint density at radius 2 is 1.84 bits per heavy atom. The van der Waals surface area contributed by atoms with Crippen molar-refractivity contribution >= 4 is 40.6 Å². The number of nitrogens with zero attached hydrogens (tertiary/aromatic N) is 5. The Labute approximate surface area is 191 Å². The first-order chi connectivity index (χ1) is 15.1. The number of carbonyl (C=O) groups excluding carboxylic acids is 1. The van der Waals surface area contributed by atoms with Crippen molar-refractivity contribution in [2.45, 2.75) is 32.0 Å². The molecular weight excluding hydrogens is 468 g/mol. The van der Waals surface area contributed by atoms with Gasteiger partial charge in [-0.05, 0) is 49.6 Å². The number of rotatable bonds is 4. The molecule has 32 heavy (non-hydrogen) atoms. The Hall–Kier alpha value is -2.59. The molecule has 1 N–H and O–H groups in total. The van der Waals surface area contributed by atoms with Gasteiger partial charge in [0.2, 0.25) is 5.91 Å². The van der Waals surface area contributed by atoms with E-state index in [1.54, 1.807) is 18.2 Å². The lowest BCUT2D eigenvalue weighted by molar-refractivity contribution is -0.146. The van der Waals surface area contributed by atoms with E-state index in [0.717, 1.165) is 5.56 Å². The molecular formula is C20H19Cl2F3N6O. The second-order valence-electron chi connectivity index (χ2n) is 7.65. The summed E-state index contributed by atoms with van der Waals surface area (Å²) >= 11 is 12.0. The van der Waals surface area contributed by atoms with E-state index in [-0.39, 0.29) is 23.5 Å². The van der Waals surface area contributed by atoms with Gasteiger partial charge in [-0.2, -0.15) is 17.7 Å². The minimum absolute atomic E-state index is 0.0200. The van der Waals surface area contributed by atoms with Gasteiger partial charge >= 0.3 is 6.18 Å². The van der Waals surface area contributed by atoms with Crippen LogP contribution in [0.3, 0.4) is 0 Å². The number of alkyl halides is 3. The Balaban J connectivity index is 1.39. The average molecular weight is 487 g/mol. The van der Waals surface area contributed by atoms with E-state index < -0.39 is 12.0 Å². The van der Waals surface area contributed by atoms with E-state index in [1.165, 1.54) is 6.07 Å². The van der Waals surface area contributed by atoms with Gasteiger partial charge in [-0.1, -0.05) is 29.3 Å². The van der Waals surface area contributed by atoms with Gasteiger partial charge in [-0.25, -0.2) is 0 Å². The maximum absolute atomic E-state index is 13.1. The normalized spacial score (nSPS) is 16.4. The first-order valence-electron chi connectivity index (χ1n) is 9.93. The summed E-state index contributed by atoms with van der Waals surface area (Å²) in [6.45, 7) is 2.84. The van der Waals surface area contributed by atoms with Crippen molar-refractivity contribution in [2.24, 2.45) is 5.92 Å². The van der Waals surface area contributed by atoms with Crippen LogP contribution in [-0.2, 0) is 11.0 Å². The average Bonchev–Trinajstić information content (AvgIpc) is 3.19. The Morgan fingerprint density at radius 3 is 2.50 bits per heavy atom. The number of anilines is 1. The minimum Gasteiger partial charge on any atom is -0.355 e. The smallest absolute Gasteiger partial charge is 0.355 e. The second kappa shape index (κ2) is 8.74. The van der Waals surface area contributed by atoms with Crippen LogP contribution < -0.4 is 10.2 Å². The van der Waals surface area contributed by atoms with E-state index in [9.17, 15) is 18.0 Å². The molecule has 12 heteroatoms. The van der Waals surface area contributed by atoms with Crippen molar-refractivity contribution in [2.75, 3.05) is 18.0 Å². The summed E-state index contributed by atoms with van der Waals surface area (Å²) in [6, 6.07) is 8.03. The largest absolute Gasteiger partial charge is 0.453 e. The fourth-order valence-corrected chi connectivity index (χ4v) is 4.00. The number of halogens is 5. The standard InChI is InChI=1S/C20H19Cl2F3N6O/c1-11(13-2-3-14(21)15(22)10-13)26-18(32)12-6-8-30(9-7-12)17-5-4-16-27-28-19(20(23,24)25)31(16)29-17/h2-5,10-12H,6-9H2,1H3,(H,26,32)/t11-/m1/s1. The molecule has 1 saturated heterocycles. The maximum Gasteiger partial charge on any atom is 0.453 e. The summed E-state index contributed by atoms with van der Waals surface area (Å²) < 4.78 is 40.0. The molecule has 1 atom stereocenters. The van der Waals surface area contributed by atoms with Crippen LogP contribution in [0, 0.1) is 5.92 Å². The minimum atomic E-state index is -4.65. The van der Waals surface area contributed by atoms with Crippen molar-refractivity contribution in [3.05, 3.63) is 51.8 Å². The summed E-state index contributed by atoms with van der Waals surface area (Å²) in [7, 11) is 0. The highest BCUT2D eigenvalue weighted by atomic mass is 35.5. The van der Waals surface area contributed by atoms with Crippen molar-refractivity contribution in [1.82, 2.24) is 25.1 Å². The first-order valence-corrected chi connectivity index (χ1v) is 10.7. The third-order valence-corrected chi connectivity index (χ3v) is 6.23. The van der Waals surface area contributed by atoms with Crippen molar-refractivity contribution in [3.8, 4) is 0 Å². The Kier molecular flexibility index (Phi) is 6.17. The van der Waals surface area contributed by atoms with Crippen molar-refractivity contribution in [1.29, 1.82) is 0 Å². The number of hydrogen-bond acceptors (Lipinski definition) is 5. The van der Waals surface area contributed by atoms with Gasteiger partial charge < -0.3 is 10.2 Å². The second-order valence-corrected chi connectivity index (χ2v) is 8.46. The van der Waals surface area contributed by atoms with Gasteiger partial charge in [0.15, 0.2) is 5.65 Å². The highest BCUT2D eigenvalue weighted by molar-refractivity contribution is 6.42. The molecule has 1 aliphatic heterocycles. The van der Waals surface area contributed by atoms with Gasteiger partial charge in [0.05, 0.1) is 16.1 Å². The molecule has 3 heterocycles. The zero-order chi connectivity index (χ0) is 23.0. The summed E-state index contributed by atoms with van der Waals surface area (Å²) in [5.41, 5.74) is 0.865. The van der Waals surface area contributed by atoms with Crippen LogP contribution in [0.2, 0.25) is 10.0 Å². The maximum atomic E-state index is 13.1. The molecule has 2 aromatic heterocycles. The molecule has 0 unspecified atom stereocenters. The highest BCUT2D eigenvalue weighted by Gasteiger charge is 2.38. The van der Waals surface area contributed by atoms with Gasteiger partial charge in [-0.15, -0.1) is 15.3 Å². The van der Waals surface area contributed by atoms with Crippen LogP contribution in [-0.4, -0.2) is 38.8 Å². The number of amides is 1. The van der Waals surface area contributed by atoms with Crippen LogP contribution in [0.1, 0.15) is 37.2 Å². The molecule has 0 bridgehead atoms. The van der Waals surface area contributed by atoms with E-state index in [1.807, 2.05) is 17.9 Å². The zero-order valence-electron chi connectivity index (χ0n) is 16.9. The van der Waals surface area contributed by atoms with E-state index in [4.69, 9.17) is 23.2 Å². The lowest BCUT2D eigenvalue weighted by atomic mass is 9.95. The fourth-order valence-electron chi connectivity index (χ4n) is 3.69. The number of benzene rings is 1. The number of hydrogen-bond donors (Lipinski definition) is 1. The molecule has 0 spiro atoms. The summed E-state index contributed by atoms with van der Waals surface area (Å²) in [5.74, 6) is -1.07. The molecule has 4 rings (SSSR count). The molecule has 170 valence electrons. The van der Waals surface area contributed by atoms with Crippen LogP contribution >= 0.6 is 23.2 Å². The molecule has 1 amide bonds. The molecule has 1 aromatic carbocycles. The van der Waals surface area contributed by atoms with E-state index in [0.29, 0.717) is 46.3 Å². The lowest BCUT2D eigenvalue weighted by Crippen LogP contribution is -2.41. The molecule has 7 nitrogen and oxygen atoms in total. The third-order valence-electron chi connectivity index (χ3n) is 5.49. The number of carbonyl (C=O) groups is 1. The zero-order valence-corrected chi connectivity index (χ0v) is 18.4. The molecule has 1 fully saturated rings. The van der Waals surface area contributed by atoms with Gasteiger partial charge in [0.25, 0.3) is 5.82 Å². The fraction of sp³-hybridized carbons (Fsp3) is 0.400. The SMILES string of the molecule is C[C@@H](NC(=O)C1CCN(c2ccc3nnc(C(F)(F)F)n3n2)CC1)c1ccc(Cl)c(Cl)c1. The van der Waals surface area contributed by atoms with Crippen LogP contribution in [0.5, 0.6) is 0 Å². The quantitative estimate of drug-likeness (QED) is 0.585. The van der Waals surface area contributed by atoms with E-state index in [2.05, 4.69) is 20.6 Å². The number of fused-ring (bicyclic) bond motifs is 1. The molecule has 0 aliphatic carbocycles. The summed E-state index contributed by atoms with van der Waals surface area (Å²) in [5, 5.41) is 14.6. The molecule has 0 saturated carbocycles. The molecule has 3 aromatic rings. The molecule has 1 aliphatic rings. The first kappa shape index (κ1) is 22.6. The van der Waals surface area contributed by atoms with Gasteiger partial charge in [0.1, 0.15) is 5.82 Å². The van der Waals surface area contributed by atoms with E-state index >= 15 is 0 Å². The monoisotopic (exact) mass is 486 g/mol. The van der Waals surface area contributed by atoms with Gasteiger partial charge in [0, 0.05) is 19.0 Å². The van der Waals surface area contributed by atoms with Crippen LogP contribution in [0.15, 0.2) is 30.3 Å². The van der Waals surface area contributed by atoms with Crippen LogP contribution in [0.25, 0.3) is 5.65 Å². The Morgan fingerprint density at radius 1 is 1.12 bits per heavy atom. The topological polar surface area (TPSA) is 75.4 Å². The van der Waals surface area contributed by atoms with Crippen molar-refractivity contribution < 1.29 is 18.0 Å². The predicted octanol–water partition coefficient (Wildman–Crippen LogP) is 4.54. The molecule has 0 radical (unpaired) electrons. The highest BCUT2D eigenvalue weighted by Crippen LogP contribution is 2.29. The van der Waals surface area contributed by atoms with Gasteiger partial charge in [-0.3, -0.25) is 4.79 Å². The van der Waals surface area contributed by atoms with Crippen LogP contribution in [0.4, 0.5) is 19.0 Å². The number of piperidine rings is 1. The summed E-state index contributed by atoms with van der Waals surface area (Å²) in [4.78, 5) is 14.6. The summed E-state index contributed by atoms with van der Waals surface area (Å²) in [6.07, 6.45) is -3.55. The predicted molar refractivity (Wildman–Crippen MR) is 114 cm³/mol. The Bertz CT molecular complexity index is 1140. The number of nitrogens with one attached hydrogen (secondary N) is 1.